The van der Waals surface area contributed by atoms with E-state index >= 15 is 0 Å². The summed E-state index contributed by atoms with van der Waals surface area (Å²) in [6, 6.07) is 8.47. The van der Waals surface area contributed by atoms with E-state index in [9.17, 15) is 0 Å². The highest BCUT2D eigenvalue weighted by Gasteiger charge is 2.39. The molecule has 0 atom stereocenters. The molecule has 0 aromatic heterocycles. The van der Waals surface area contributed by atoms with Crippen LogP contribution in [-0.4, -0.2) is 17.7 Å². The molecular weight excluding hydrogens is 246 g/mol. The smallest absolute Gasteiger partial charge is 0.123 e. The Balaban J connectivity index is 1.97. The summed E-state index contributed by atoms with van der Waals surface area (Å²) in [6.45, 7) is 9.86. The first-order valence-electron chi connectivity index (χ1n) is 7.96. The molecule has 2 heteroatoms. The van der Waals surface area contributed by atoms with Gasteiger partial charge in [0.2, 0.25) is 0 Å². The van der Waals surface area contributed by atoms with Gasteiger partial charge in [0.25, 0.3) is 0 Å². The Bertz CT molecular complexity index is 429. The minimum atomic E-state index is 0.0729. The normalized spacial score (nSPS) is 17.6. The van der Waals surface area contributed by atoms with Crippen LogP contribution in [0, 0.1) is 0 Å². The van der Waals surface area contributed by atoms with Gasteiger partial charge in [0.05, 0.1) is 0 Å². The SMILES string of the molecule is CCc1ccccc1OC1(CCNC(C)(C)C)CCC1. The first-order valence-corrected chi connectivity index (χ1v) is 7.96. The van der Waals surface area contributed by atoms with Crippen molar-refractivity contribution >= 4 is 0 Å². The Morgan fingerprint density at radius 1 is 1.20 bits per heavy atom. The maximum absolute atomic E-state index is 6.43. The minimum absolute atomic E-state index is 0.0729. The largest absolute Gasteiger partial charge is 0.487 e. The number of aryl methyl sites for hydroxylation is 1. The number of rotatable bonds is 6. The second-order valence-corrected chi connectivity index (χ2v) is 7.03. The number of ether oxygens (including phenoxy) is 1. The van der Waals surface area contributed by atoms with Gasteiger partial charge in [-0.05, 0) is 71.0 Å². The highest BCUT2D eigenvalue weighted by molar-refractivity contribution is 5.34. The Kier molecular flexibility index (Phi) is 4.74. The average Bonchev–Trinajstić information content (AvgIpc) is 2.34. The van der Waals surface area contributed by atoms with Gasteiger partial charge in [-0.2, -0.15) is 0 Å². The van der Waals surface area contributed by atoms with E-state index in [1.807, 2.05) is 0 Å². The second kappa shape index (κ2) is 6.17. The lowest BCUT2D eigenvalue weighted by Gasteiger charge is -2.43. The molecule has 1 aliphatic rings. The van der Waals surface area contributed by atoms with Gasteiger partial charge in [-0.25, -0.2) is 0 Å². The average molecular weight is 275 g/mol. The zero-order valence-corrected chi connectivity index (χ0v) is 13.5. The number of hydrogen-bond acceptors (Lipinski definition) is 2. The molecule has 1 aliphatic carbocycles. The zero-order chi connectivity index (χ0) is 14.6. The summed E-state index contributed by atoms with van der Waals surface area (Å²) in [6.07, 6.45) is 5.81. The molecule has 1 saturated carbocycles. The van der Waals surface area contributed by atoms with Crippen LogP contribution < -0.4 is 10.1 Å². The maximum atomic E-state index is 6.43. The van der Waals surface area contributed by atoms with Gasteiger partial charge in [0.1, 0.15) is 11.4 Å². The molecular formula is C18H29NO. The summed E-state index contributed by atoms with van der Waals surface area (Å²) in [5, 5.41) is 3.58. The summed E-state index contributed by atoms with van der Waals surface area (Å²) < 4.78 is 6.43. The van der Waals surface area contributed by atoms with Crippen molar-refractivity contribution < 1.29 is 4.74 Å². The quantitative estimate of drug-likeness (QED) is 0.834. The lowest BCUT2D eigenvalue weighted by Crippen LogP contribution is -2.47. The summed E-state index contributed by atoms with van der Waals surface area (Å²) in [5.74, 6) is 1.09. The fourth-order valence-electron chi connectivity index (χ4n) is 2.77. The molecule has 0 heterocycles. The number of para-hydroxylation sites is 1. The molecule has 1 N–H and O–H groups in total. The molecule has 1 aromatic rings. The fraction of sp³-hybridized carbons (Fsp3) is 0.667. The van der Waals surface area contributed by atoms with Crippen LogP contribution in [0.4, 0.5) is 0 Å². The van der Waals surface area contributed by atoms with Crippen LogP contribution in [0.15, 0.2) is 24.3 Å². The molecule has 0 spiro atoms. The lowest BCUT2D eigenvalue weighted by atomic mass is 9.77. The molecule has 2 rings (SSSR count). The minimum Gasteiger partial charge on any atom is -0.487 e. The highest BCUT2D eigenvalue weighted by Crippen LogP contribution is 2.40. The van der Waals surface area contributed by atoms with Crippen LogP contribution in [-0.2, 0) is 6.42 Å². The van der Waals surface area contributed by atoms with Gasteiger partial charge >= 0.3 is 0 Å². The van der Waals surface area contributed by atoms with Crippen molar-refractivity contribution in [2.75, 3.05) is 6.54 Å². The van der Waals surface area contributed by atoms with E-state index in [2.05, 4.69) is 57.3 Å². The van der Waals surface area contributed by atoms with Crippen LogP contribution in [0.1, 0.15) is 58.9 Å². The van der Waals surface area contributed by atoms with Crippen LogP contribution >= 0.6 is 0 Å². The van der Waals surface area contributed by atoms with Crippen LogP contribution in [0.5, 0.6) is 5.75 Å². The maximum Gasteiger partial charge on any atom is 0.123 e. The van der Waals surface area contributed by atoms with Crippen molar-refractivity contribution in [3.8, 4) is 5.75 Å². The number of nitrogens with one attached hydrogen (secondary N) is 1. The summed E-state index contributed by atoms with van der Waals surface area (Å²) in [7, 11) is 0. The van der Waals surface area contributed by atoms with E-state index in [1.54, 1.807) is 0 Å². The second-order valence-electron chi connectivity index (χ2n) is 7.03. The predicted octanol–water partition coefficient (Wildman–Crippen LogP) is 4.33. The van der Waals surface area contributed by atoms with Crippen LogP contribution in [0.3, 0.4) is 0 Å². The third-order valence-corrected chi connectivity index (χ3v) is 4.18. The van der Waals surface area contributed by atoms with E-state index in [1.165, 1.54) is 24.8 Å². The van der Waals surface area contributed by atoms with Gasteiger partial charge in [-0.15, -0.1) is 0 Å². The molecule has 0 radical (unpaired) electrons. The predicted molar refractivity (Wildman–Crippen MR) is 85.4 cm³/mol. The molecule has 1 aromatic carbocycles. The van der Waals surface area contributed by atoms with Crippen molar-refractivity contribution in [1.29, 1.82) is 0 Å². The Hall–Kier alpha value is -1.02. The first kappa shape index (κ1) is 15.4. The fourth-order valence-corrected chi connectivity index (χ4v) is 2.77. The number of benzene rings is 1. The molecule has 0 saturated heterocycles. The van der Waals surface area contributed by atoms with E-state index in [4.69, 9.17) is 4.74 Å². The summed E-state index contributed by atoms with van der Waals surface area (Å²) in [5.41, 5.74) is 1.58. The standard InChI is InChI=1S/C18H29NO/c1-5-15-9-6-7-10-16(15)20-18(11-8-12-18)13-14-19-17(2,3)4/h6-7,9-10,19H,5,8,11-14H2,1-4H3. The van der Waals surface area contributed by atoms with Gasteiger partial charge in [-0.1, -0.05) is 25.1 Å². The third-order valence-electron chi connectivity index (χ3n) is 4.18. The number of hydrogen-bond donors (Lipinski definition) is 1. The van der Waals surface area contributed by atoms with Crippen molar-refractivity contribution in [2.24, 2.45) is 0 Å². The van der Waals surface area contributed by atoms with E-state index in [0.29, 0.717) is 0 Å². The summed E-state index contributed by atoms with van der Waals surface area (Å²) in [4.78, 5) is 0. The topological polar surface area (TPSA) is 21.3 Å². The molecule has 0 aliphatic heterocycles. The molecule has 112 valence electrons. The Labute approximate surface area is 123 Å². The first-order chi connectivity index (χ1) is 9.44. The van der Waals surface area contributed by atoms with Gasteiger partial charge in [0.15, 0.2) is 0 Å². The molecule has 1 fully saturated rings. The third kappa shape index (κ3) is 3.99. The lowest BCUT2D eigenvalue weighted by molar-refractivity contribution is -0.0159. The Morgan fingerprint density at radius 2 is 1.90 bits per heavy atom. The Morgan fingerprint density at radius 3 is 2.45 bits per heavy atom. The van der Waals surface area contributed by atoms with Crippen molar-refractivity contribution in [1.82, 2.24) is 5.32 Å². The van der Waals surface area contributed by atoms with Crippen LogP contribution in [0.2, 0.25) is 0 Å². The summed E-state index contributed by atoms with van der Waals surface area (Å²) >= 11 is 0. The van der Waals surface area contributed by atoms with Crippen molar-refractivity contribution in [2.45, 2.75) is 70.9 Å². The molecule has 0 unspecified atom stereocenters. The van der Waals surface area contributed by atoms with E-state index in [-0.39, 0.29) is 11.1 Å². The molecule has 2 nitrogen and oxygen atoms in total. The van der Waals surface area contributed by atoms with E-state index in [0.717, 1.165) is 25.1 Å². The van der Waals surface area contributed by atoms with Crippen LogP contribution in [0.25, 0.3) is 0 Å². The van der Waals surface area contributed by atoms with Gasteiger partial charge < -0.3 is 10.1 Å². The van der Waals surface area contributed by atoms with E-state index < -0.39 is 0 Å². The molecule has 20 heavy (non-hydrogen) atoms. The van der Waals surface area contributed by atoms with Crippen molar-refractivity contribution in [3.63, 3.8) is 0 Å². The van der Waals surface area contributed by atoms with Gasteiger partial charge in [0, 0.05) is 5.54 Å². The molecule has 0 amide bonds. The monoisotopic (exact) mass is 275 g/mol. The molecule has 0 bridgehead atoms. The zero-order valence-electron chi connectivity index (χ0n) is 13.5. The van der Waals surface area contributed by atoms with Gasteiger partial charge in [-0.3, -0.25) is 0 Å². The van der Waals surface area contributed by atoms with Crippen molar-refractivity contribution in [3.05, 3.63) is 29.8 Å². The highest BCUT2D eigenvalue weighted by atomic mass is 16.5.